The third-order valence-corrected chi connectivity index (χ3v) is 6.60. The Bertz CT molecular complexity index is 843. The van der Waals surface area contributed by atoms with E-state index in [-0.39, 0.29) is 17.8 Å². The molecule has 2 fully saturated rings. The summed E-state index contributed by atoms with van der Waals surface area (Å²) in [5.41, 5.74) is 2.22. The van der Waals surface area contributed by atoms with Crippen molar-refractivity contribution < 1.29 is 14.4 Å². The zero-order valence-electron chi connectivity index (χ0n) is 19.5. The molecule has 7 nitrogen and oxygen atoms in total. The molecule has 2 N–H and O–H groups in total. The molecule has 2 heterocycles. The Morgan fingerprint density at radius 1 is 1.19 bits per heavy atom. The van der Waals surface area contributed by atoms with Gasteiger partial charge in [-0.2, -0.15) is 0 Å². The molecule has 0 radical (unpaired) electrons. The van der Waals surface area contributed by atoms with Crippen molar-refractivity contribution in [1.29, 1.82) is 0 Å². The number of likely N-dealkylation sites (tertiary alicyclic amines) is 1. The number of rotatable bonds is 5. The molecule has 2 aliphatic heterocycles. The minimum Gasteiger partial charge on any atom is -0.342 e. The zero-order chi connectivity index (χ0) is 22.8. The number of anilines is 1. The molecule has 2 saturated heterocycles. The molecular weight excluding hydrogens is 392 g/mol. The normalized spacial score (nSPS) is 20.9. The molecule has 0 bridgehead atoms. The van der Waals surface area contributed by atoms with Crippen molar-refractivity contribution in [3.63, 3.8) is 0 Å². The first kappa shape index (κ1) is 23.1. The Labute approximate surface area is 185 Å². The van der Waals surface area contributed by atoms with Gasteiger partial charge in [-0.25, -0.2) is 4.79 Å². The Morgan fingerprint density at radius 3 is 2.45 bits per heavy atom. The summed E-state index contributed by atoms with van der Waals surface area (Å²) in [7, 11) is 0. The van der Waals surface area contributed by atoms with Gasteiger partial charge in [-0.05, 0) is 68.7 Å². The van der Waals surface area contributed by atoms with Gasteiger partial charge >= 0.3 is 6.03 Å². The summed E-state index contributed by atoms with van der Waals surface area (Å²) in [6.07, 6.45) is 2.36. The lowest BCUT2D eigenvalue weighted by atomic mass is 9.81. The molecule has 0 aromatic heterocycles. The monoisotopic (exact) mass is 428 g/mol. The number of benzene rings is 1. The van der Waals surface area contributed by atoms with Crippen molar-refractivity contribution in [3.8, 4) is 0 Å². The van der Waals surface area contributed by atoms with Crippen LogP contribution in [0.5, 0.6) is 0 Å². The van der Waals surface area contributed by atoms with E-state index < -0.39 is 11.6 Å². The first-order valence-electron chi connectivity index (χ1n) is 11.4. The van der Waals surface area contributed by atoms with E-state index in [0.717, 1.165) is 17.7 Å². The van der Waals surface area contributed by atoms with Gasteiger partial charge < -0.3 is 20.4 Å². The van der Waals surface area contributed by atoms with Gasteiger partial charge in [0.05, 0.1) is 0 Å². The fourth-order valence-corrected chi connectivity index (χ4v) is 4.65. The van der Waals surface area contributed by atoms with Gasteiger partial charge in [-0.3, -0.25) is 9.59 Å². The van der Waals surface area contributed by atoms with E-state index in [1.165, 1.54) is 5.56 Å². The molecule has 1 unspecified atom stereocenters. The van der Waals surface area contributed by atoms with Gasteiger partial charge in [-0.15, -0.1) is 0 Å². The lowest BCUT2D eigenvalue weighted by molar-refractivity contribution is -0.161. The van der Waals surface area contributed by atoms with E-state index in [9.17, 15) is 14.4 Å². The van der Waals surface area contributed by atoms with Crippen LogP contribution in [0.15, 0.2) is 18.2 Å². The second-order valence-corrected chi connectivity index (χ2v) is 9.39. The molecule has 1 atom stereocenters. The number of nitrogens with zero attached hydrogens (tertiary/aromatic N) is 2. The summed E-state index contributed by atoms with van der Waals surface area (Å²) in [6, 6.07) is 5.24. The topological polar surface area (TPSA) is 81.8 Å². The van der Waals surface area contributed by atoms with Gasteiger partial charge in [0.1, 0.15) is 11.6 Å². The van der Waals surface area contributed by atoms with Gasteiger partial charge in [0, 0.05) is 25.3 Å². The molecular formula is C24H36N4O3. The van der Waals surface area contributed by atoms with Crippen molar-refractivity contribution in [2.45, 2.75) is 71.9 Å². The first-order chi connectivity index (χ1) is 14.7. The van der Waals surface area contributed by atoms with Crippen LogP contribution in [-0.4, -0.2) is 58.9 Å². The minimum atomic E-state index is -0.849. The van der Waals surface area contributed by atoms with E-state index in [1.54, 1.807) is 9.80 Å². The van der Waals surface area contributed by atoms with Crippen LogP contribution >= 0.6 is 0 Å². The minimum absolute atomic E-state index is 0.0168. The second kappa shape index (κ2) is 9.28. The number of nitrogens with one attached hydrogen (secondary N) is 2. The molecule has 4 amide bonds. The van der Waals surface area contributed by atoms with E-state index in [0.29, 0.717) is 44.8 Å². The average Bonchev–Trinajstić information content (AvgIpc) is 2.72. The Morgan fingerprint density at radius 2 is 1.87 bits per heavy atom. The van der Waals surface area contributed by atoms with E-state index in [4.69, 9.17) is 0 Å². The number of aryl methyl sites for hydroxylation is 2. The molecule has 2 aliphatic rings. The van der Waals surface area contributed by atoms with Crippen molar-refractivity contribution in [2.75, 3.05) is 25.0 Å². The van der Waals surface area contributed by atoms with Gasteiger partial charge in [0.2, 0.25) is 11.8 Å². The maximum atomic E-state index is 13.2. The van der Waals surface area contributed by atoms with Crippen LogP contribution < -0.4 is 10.6 Å². The summed E-state index contributed by atoms with van der Waals surface area (Å²) >= 11 is 0. The van der Waals surface area contributed by atoms with Crippen LogP contribution in [-0.2, 0) is 9.59 Å². The lowest BCUT2D eigenvalue weighted by Gasteiger charge is -2.51. The highest BCUT2D eigenvalue weighted by Gasteiger charge is 2.53. The highest BCUT2D eigenvalue weighted by atomic mass is 16.2. The molecule has 3 rings (SSSR count). The molecule has 31 heavy (non-hydrogen) atoms. The Kier molecular flexibility index (Phi) is 6.92. The summed E-state index contributed by atoms with van der Waals surface area (Å²) in [5.74, 6) is 0.270. The quantitative estimate of drug-likeness (QED) is 0.754. The molecule has 1 aromatic carbocycles. The predicted molar refractivity (Wildman–Crippen MR) is 122 cm³/mol. The van der Waals surface area contributed by atoms with Gasteiger partial charge in [0.15, 0.2) is 0 Å². The SMILES string of the molecule is CCCN1C(=O)C(CC(C)C)NC(=O)C12CCN(C(=O)Nc1ccc(C)c(C)c1)CC2. The first-order valence-corrected chi connectivity index (χ1v) is 11.4. The fraction of sp³-hybridized carbons (Fsp3) is 0.625. The maximum absolute atomic E-state index is 13.2. The van der Waals surface area contributed by atoms with E-state index in [1.807, 2.05) is 39.0 Å². The smallest absolute Gasteiger partial charge is 0.321 e. The van der Waals surface area contributed by atoms with Crippen LogP contribution in [0.1, 0.15) is 57.6 Å². The van der Waals surface area contributed by atoms with Crippen molar-refractivity contribution >= 4 is 23.5 Å². The summed E-state index contributed by atoms with van der Waals surface area (Å²) < 4.78 is 0. The van der Waals surface area contributed by atoms with Crippen LogP contribution in [0, 0.1) is 19.8 Å². The number of carbonyl (C=O) groups excluding carboxylic acids is 3. The fourth-order valence-electron chi connectivity index (χ4n) is 4.65. The third kappa shape index (κ3) is 4.70. The molecule has 0 saturated carbocycles. The van der Waals surface area contributed by atoms with Crippen molar-refractivity contribution in [3.05, 3.63) is 29.3 Å². The van der Waals surface area contributed by atoms with Gasteiger partial charge in [0.25, 0.3) is 0 Å². The predicted octanol–water partition coefficient (Wildman–Crippen LogP) is 3.45. The van der Waals surface area contributed by atoms with E-state index >= 15 is 0 Å². The number of amides is 4. The highest BCUT2D eigenvalue weighted by Crippen LogP contribution is 2.34. The Balaban J connectivity index is 1.70. The van der Waals surface area contributed by atoms with Crippen molar-refractivity contribution in [2.24, 2.45) is 5.92 Å². The number of hydrogen-bond acceptors (Lipinski definition) is 3. The number of carbonyl (C=O) groups is 3. The average molecular weight is 429 g/mol. The van der Waals surface area contributed by atoms with E-state index in [2.05, 4.69) is 24.5 Å². The summed E-state index contributed by atoms with van der Waals surface area (Å²) in [6.45, 7) is 11.6. The molecule has 1 aromatic rings. The van der Waals surface area contributed by atoms with Crippen LogP contribution in [0.25, 0.3) is 0 Å². The number of piperidine rings is 1. The maximum Gasteiger partial charge on any atom is 0.321 e. The third-order valence-electron chi connectivity index (χ3n) is 6.60. The summed E-state index contributed by atoms with van der Waals surface area (Å²) in [4.78, 5) is 42.7. The number of urea groups is 1. The van der Waals surface area contributed by atoms with Crippen LogP contribution in [0.2, 0.25) is 0 Å². The Hall–Kier alpha value is -2.57. The number of hydrogen-bond donors (Lipinski definition) is 2. The summed E-state index contributed by atoms with van der Waals surface area (Å²) in [5, 5.41) is 5.95. The molecule has 7 heteroatoms. The lowest BCUT2D eigenvalue weighted by Crippen LogP contribution is -2.73. The number of piperazine rings is 1. The van der Waals surface area contributed by atoms with Crippen molar-refractivity contribution in [1.82, 2.24) is 15.1 Å². The molecule has 0 aliphatic carbocycles. The van der Waals surface area contributed by atoms with Crippen LogP contribution in [0.3, 0.4) is 0 Å². The standard InChI is InChI=1S/C24H36N4O3/c1-6-11-28-21(29)20(14-16(2)3)26-22(30)24(28)9-12-27(13-10-24)23(31)25-19-8-7-17(4)18(5)15-19/h7-8,15-16,20H,6,9-14H2,1-5H3,(H,25,31)(H,26,30). The largest absolute Gasteiger partial charge is 0.342 e. The highest BCUT2D eigenvalue weighted by molar-refractivity contribution is 6.00. The van der Waals surface area contributed by atoms with Crippen LogP contribution in [0.4, 0.5) is 10.5 Å². The second-order valence-electron chi connectivity index (χ2n) is 9.39. The molecule has 1 spiro atoms. The molecule has 170 valence electrons. The zero-order valence-corrected chi connectivity index (χ0v) is 19.5. The van der Waals surface area contributed by atoms with Gasteiger partial charge in [-0.1, -0.05) is 26.8 Å².